The molecule has 1 amide bonds. The maximum absolute atomic E-state index is 12.3. The van der Waals surface area contributed by atoms with Gasteiger partial charge in [0.2, 0.25) is 0 Å². The third kappa shape index (κ3) is 2.76. The van der Waals surface area contributed by atoms with Crippen LogP contribution in [0.3, 0.4) is 0 Å². The fraction of sp³-hybridized carbons (Fsp3) is 0.211. The number of guanidine groups is 1. The van der Waals surface area contributed by atoms with E-state index in [9.17, 15) is 4.79 Å². The van der Waals surface area contributed by atoms with E-state index in [1.165, 1.54) is 11.1 Å². The number of hydrogen-bond donors (Lipinski definition) is 4. The first-order chi connectivity index (χ1) is 12.1. The lowest BCUT2D eigenvalue weighted by Crippen LogP contribution is -2.22. The molecular weight excluding hydrogens is 314 g/mol. The van der Waals surface area contributed by atoms with E-state index in [-0.39, 0.29) is 11.9 Å². The number of anilines is 2. The van der Waals surface area contributed by atoms with Crippen LogP contribution in [0, 0.1) is 5.41 Å². The molecule has 126 valence electrons. The predicted molar refractivity (Wildman–Crippen MR) is 99.4 cm³/mol. The summed E-state index contributed by atoms with van der Waals surface area (Å²) in [6, 6.07) is 7.67. The molecule has 5 N–H and O–H groups in total. The predicted octanol–water partition coefficient (Wildman–Crippen LogP) is 2.76. The average molecular weight is 333 g/mol. The minimum absolute atomic E-state index is 0.0611. The molecule has 2 aliphatic rings. The van der Waals surface area contributed by atoms with Gasteiger partial charge < -0.3 is 16.4 Å². The molecule has 2 heterocycles. The highest BCUT2D eigenvalue weighted by Gasteiger charge is 2.25. The average Bonchev–Trinajstić information content (AvgIpc) is 2.92. The molecular formula is C19H19N5O. The summed E-state index contributed by atoms with van der Waals surface area (Å²) in [6.07, 6.45) is 7.77. The first-order valence-electron chi connectivity index (χ1n) is 8.38. The quantitative estimate of drug-likeness (QED) is 0.385. The van der Waals surface area contributed by atoms with Crippen LogP contribution in [0.25, 0.3) is 11.6 Å². The second-order valence-corrected chi connectivity index (χ2v) is 6.32. The molecule has 0 atom stereocenters. The van der Waals surface area contributed by atoms with Crippen LogP contribution in [0.4, 0.5) is 11.5 Å². The third-order valence-electron chi connectivity index (χ3n) is 4.71. The van der Waals surface area contributed by atoms with Crippen molar-refractivity contribution in [1.29, 1.82) is 5.41 Å². The largest absolute Gasteiger partial charge is 0.370 e. The topological polar surface area (TPSA) is 104 Å². The molecule has 6 heteroatoms. The van der Waals surface area contributed by atoms with Gasteiger partial charge in [-0.15, -0.1) is 0 Å². The van der Waals surface area contributed by atoms with E-state index in [0.29, 0.717) is 11.4 Å². The summed E-state index contributed by atoms with van der Waals surface area (Å²) in [5.74, 6) is 0.431. The second-order valence-electron chi connectivity index (χ2n) is 6.32. The SMILES string of the molecule is N=C(N)Nc1ccc(C=C2C(=O)Nc3ncccc32)c2c1CCCC2. The number of hydrogen-bond acceptors (Lipinski definition) is 3. The summed E-state index contributed by atoms with van der Waals surface area (Å²) in [5, 5.41) is 13.2. The summed E-state index contributed by atoms with van der Waals surface area (Å²) in [4.78, 5) is 16.6. The number of aromatic nitrogens is 1. The Morgan fingerprint density at radius 3 is 2.84 bits per heavy atom. The van der Waals surface area contributed by atoms with E-state index in [0.717, 1.165) is 42.5 Å². The number of pyridine rings is 1. The highest BCUT2D eigenvalue weighted by molar-refractivity contribution is 6.34. The van der Waals surface area contributed by atoms with Gasteiger partial charge in [-0.2, -0.15) is 0 Å². The fourth-order valence-electron chi connectivity index (χ4n) is 3.61. The number of rotatable bonds is 2. The van der Waals surface area contributed by atoms with Gasteiger partial charge in [0.05, 0.1) is 5.57 Å². The Balaban J connectivity index is 1.82. The van der Waals surface area contributed by atoms with Crippen molar-refractivity contribution >= 4 is 35.0 Å². The Kier molecular flexibility index (Phi) is 3.72. The van der Waals surface area contributed by atoms with Gasteiger partial charge in [0, 0.05) is 17.4 Å². The molecule has 0 spiro atoms. The molecule has 0 fully saturated rings. The highest BCUT2D eigenvalue weighted by atomic mass is 16.2. The van der Waals surface area contributed by atoms with E-state index >= 15 is 0 Å². The number of carbonyl (C=O) groups is 1. The molecule has 0 bridgehead atoms. The van der Waals surface area contributed by atoms with Gasteiger partial charge in [-0.05, 0) is 66.6 Å². The Morgan fingerprint density at radius 1 is 1.24 bits per heavy atom. The zero-order valence-electron chi connectivity index (χ0n) is 13.7. The molecule has 1 aliphatic heterocycles. The van der Waals surface area contributed by atoms with Gasteiger partial charge in [0.1, 0.15) is 5.82 Å². The first-order valence-corrected chi connectivity index (χ1v) is 8.38. The maximum Gasteiger partial charge on any atom is 0.257 e. The third-order valence-corrected chi connectivity index (χ3v) is 4.71. The van der Waals surface area contributed by atoms with Crippen LogP contribution in [-0.4, -0.2) is 16.9 Å². The van der Waals surface area contributed by atoms with Crippen molar-refractivity contribution < 1.29 is 4.79 Å². The number of carbonyl (C=O) groups excluding carboxylic acids is 1. The summed E-state index contributed by atoms with van der Waals surface area (Å²) in [7, 11) is 0. The number of amides is 1. The van der Waals surface area contributed by atoms with Crippen molar-refractivity contribution in [2.45, 2.75) is 25.7 Å². The van der Waals surface area contributed by atoms with Gasteiger partial charge in [-0.3, -0.25) is 10.2 Å². The van der Waals surface area contributed by atoms with Crippen LogP contribution in [0.5, 0.6) is 0 Å². The van der Waals surface area contributed by atoms with Crippen LogP contribution in [0.1, 0.15) is 35.1 Å². The number of nitrogens with one attached hydrogen (secondary N) is 3. The molecule has 0 unspecified atom stereocenters. The Labute approximate surface area is 145 Å². The first kappa shape index (κ1) is 15.4. The molecule has 0 saturated heterocycles. The minimum atomic E-state index is -0.121. The van der Waals surface area contributed by atoms with E-state index in [4.69, 9.17) is 11.1 Å². The van der Waals surface area contributed by atoms with Gasteiger partial charge >= 0.3 is 0 Å². The van der Waals surface area contributed by atoms with Crippen LogP contribution >= 0.6 is 0 Å². The summed E-state index contributed by atoms with van der Waals surface area (Å²) >= 11 is 0. The summed E-state index contributed by atoms with van der Waals surface area (Å²) < 4.78 is 0. The normalized spacial score (nSPS) is 17.0. The molecule has 1 aromatic carbocycles. The molecule has 1 aromatic heterocycles. The van der Waals surface area contributed by atoms with Gasteiger partial charge in [0.15, 0.2) is 5.96 Å². The van der Waals surface area contributed by atoms with Gasteiger partial charge in [-0.1, -0.05) is 6.07 Å². The van der Waals surface area contributed by atoms with Crippen molar-refractivity contribution in [2.24, 2.45) is 5.73 Å². The number of nitrogens with two attached hydrogens (primary N) is 1. The smallest absolute Gasteiger partial charge is 0.257 e. The molecule has 0 radical (unpaired) electrons. The highest BCUT2D eigenvalue weighted by Crippen LogP contribution is 2.35. The Hall–Kier alpha value is -3.15. The molecule has 25 heavy (non-hydrogen) atoms. The molecule has 2 aromatic rings. The lowest BCUT2D eigenvalue weighted by molar-refractivity contribution is -0.110. The van der Waals surface area contributed by atoms with Crippen molar-refractivity contribution in [1.82, 2.24) is 4.98 Å². The Morgan fingerprint density at radius 2 is 2.04 bits per heavy atom. The number of nitrogens with zero attached hydrogens (tertiary/aromatic N) is 1. The van der Waals surface area contributed by atoms with E-state index in [1.807, 2.05) is 30.3 Å². The monoisotopic (exact) mass is 333 g/mol. The van der Waals surface area contributed by atoms with Crippen molar-refractivity contribution in [3.63, 3.8) is 0 Å². The van der Waals surface area contributed by atoms with Gasteiger partial charge in [0.25, 0.3) is 5.91 Å². The molecule has 1 aliphatic carbocycles. The molecule has 4 rings (SSSR count). The Bertz CT molecular complexity index is 916. The van der Waals surface area contributed by atoms with Gasteiger partial charge in [-0.25, -0.2) is 4.98 Å². The molecule has 0 saturated carbocycles. The zero-order valence-corrected chi connectivity index (χ0v) is 13.7. The van der Waals surface area contributed by atoms with Crippen LogP contribution in [0.15, 0.2) is 30.5 Å². The van der Waals surface area contributed by atoms with Crippen LogP contribution < -0.4 is 16.4 Å². The lowest BCUT2D eigenvalue weighted by Gasteiger charge is -2.22. The van der Waals surface area contributed by atoms with Crippen molar-refractivity contribution in [3.8, 4) is 0 Å². The van der Waals surface area contributed by atoms with Crippen LogP contribution in [0.2, 0.25) is 0 Å². The minimum Gasteiger partial charge on any atom is -0.370 e. The van der Waals surface area contributed by atoms with Crippen molar-refractivity contribution in [3.05, 3.63) is 52.7 Å². The zero-order chi connectivity index (χ0) is 17.4. The summed E-state index contributed by atoms with van der Waals surface area (Å²) in [6.45, 7) is 0. The second kappa shape index (κ2) is 6.05. The summed E-state index contributed by atoms with van der Waals surface area (Å²) in [5.41, 5.74) is 11.3. The number of fused-ring (bicyclic) bond motifs is 2. The van der Waals surface area contributed by atoms with E-state index < -0.39 is 0 Å². The maximum atomic E-state index is 12.3. The fourth-order valence-corrected chi connectivity index (χ4v) is 3.61. The van der Waals surface area contributed by atoms with Crippen LogP contribution in [-0.2, 0) is 17.6 Å². The number of benzene rings is 1. The lowest BCUT2D eigenvalue weighted by atomic mass is 9.86. The standard InChI is InChI=1S/C19H19N5O/c20-19(21)23-16-8-7-11(12-4-1-2-5-13(12)16)10-15-14-6-3-9-22-17(14)24-18(15)25/h3,6-10H,1-2,4-5H2,(H4,20,21,23)(H,22,24,25). The van der Waals surface area contributed by atoms with E-state index in [2.05, 4.69) is 15.6 Å². The van der Waals surface area contributed by atoms with Crippen molar-refractivity contribution in [2.75, 3.05) is 10.6 Å². The van der Waals surface area contributed by atoms with E-state index in [1.54, 1.807) is 6.20 Å². The molecule has 6 nitrogen and oxygen atoms in total.